The number of rotatable bonds is 7. The van der Waals surface area contributed by atoms with Crippen LogP contribution in [0, 0.1) is 5.92 Å². The normalized spacial score (nSPS) is 21.8. The van der Waals surface area contributed by atoms with Gasteiger partial charge in [0.15, 0.2) is 0 Å². The van der Waals surface area contributed by atoms with E-state index in [1.165, 1.54) is 76.2 Å². The lowest BCUT2D eigenvalue weighted by Gasteiger charge is -2.27. The van der Waals surface area contributed by atoms with Crippen molar-refractivity contribution in [2.75, 3.05) is 0 Å². The molecule has 0 unspecified atom stereocenters. The summed E-state index contributed by atoms with van der Waals surface area (Å²) in [7, 11) is 0. The molecular weight excluding hydrogens is 284 g/mol. The van der Waals surface area contributed by atoms with E-state index in [2.05, 4.69) is 6.92 Å². The maximum atomic E-state index is 12.6. The number of hydrogen-bond acceptors (Lipinski definition) is 2. The van der Waals surface area contributed by atoms with Crippen molar-refractivity contribution in [3.63, 3.8) is 0 Å². The molecule has 0 spiro atoms. The fraction of sp³-hybridized carbons (Fsp3) is 0.857. The van der Waals surface area contributed by atoms with Gasteiger partial charge in [-0.15, -0.1) is 0 Å². The molecule has 23 heavy (non-hydrogen) atoms. The number of carbonyl (C=O) groups excluding carboxylic acids is 1. The fourth-order valence-corrected chi connectivity index (χ4v) is 4.27. The van der Waals surface area contributed by atoms with Gasteiger partial charge in [0.05, 0.1) is 0 Å². The number of allylic oxidation sites excluding steroid dienone is 1. The maximum Gasteiger partial charge on any atom is 0.333 e. The van der Waals surface area contributed by atoms with Crippen LogP contribution in [-0.2, 0) is 9.53 Å². The van der Waals surface area contributed by atoms with Gasteiger partial charge in [0.2, 0.25) is 0 Å². The highest BCUT2D eigenvalue weighted by Crippen LogP contribution is 2.35. The van der Waals surface area contributed by atoms with Crippen LogP contribution in [0.2, 0.25) is 0 Å². The van der Waals surface area contributed by atoms with Crippen LogP contribution in [0.25, 0.3) is 0 Å². The average Bonchev–Trinajstić information content (AvgIpc) is 2.60. The van der Waals surface area contributed by atoms with Gasteiger partial charge in [-0.3, -0.25) is 0 Å². The van der Waals surface area contributed by atoms with E-state index in [0.29, 0.717) is 5.92 Å². The topological polar surface area (TPSA) is 26.3 Å². The van der Waals surface area contributed by atoms with E-state index in [4.69, 9.17) is 4.74 Å². The molecule has 2 fully saturated rings. The minimum absolute atomic E-state index is 0.0195. The molecule has 2 nitrogen and oxygen atoms in total. The fourth-order valence-electron chi connectivity index (χ4n) is 4.27. The number of unbranched alkanes of at least 4 members (excludes halogenated alkanes) is 2. The van der Waals surface area contributed by atoms with Crippen LogP contribution in [0.5, 0.6) is 0 Å². The predicted octanol–water partition coefficient (Wildman–Crippen LogP) is 6.34. The van der Waals surface area contributed by atoms with Crippen LogP contribution in [0.4, 0.5) is 0 Å². The lowest BCUT2D eigenvalue weighted by atomic mass is 9.80. The molecule has 132 valence electrons. The molecule has 2 rings (SSSR count). The highest BCUT2D eigenvalue weighted by Gasteiger charge is 2.24. The average molecular weight is 321 g/mol. The largest absolute Gasteiger partial charge is 0.459 e. The SMILES string of the molecule is CCCCCC(=C(C)C(=O)OC1CCCCC1)C1CCCCC1. The Bertz CT molecular complexity index is 385. The van der Waals surface area contributed by atoms with E-state index >= 15 is 0 Å². The second kappa shape index (κ2) is 10.2. The highest BCUT2D eigenvalue weighted by molar-refractivity contribution is 5.89. The number of ether oxygens (including phenoxy) is 1. The van der Waals surface area contributed by atoms with Gasteiger partial charge in [0.1, 0.15) is 6.10 Å². The van der Waals surface area contributed by atoms with Crippen LogP contribution < -0.4 is 0 Å². The van der Waals surface area contributed by atoms with E-state index in [1.807, 2.05) is 6.92 Å². The van der Waals surface area contributed by atoms with Crippen LogP contribution in [0.15, 0.2) is 11.1 Å². The Morgan fingerprint density at radius 1 is 0.913 bits per heavy atom. The Hall–Kier alpha value is -0.790. The summed E-state index contributed by atoms with van der Waals surface area (Å²) in [5.41, 5.74) is 2.37. The van der Waals surface area contributed by atoms with Gasteiger partial charge in [-0.2, -0.15) is 0 Å². The maximum absolute atomic E-state index is 12.6. The first-order valence-corrected chi connectivity index (χ1v) is 10.1. The summed E-state index contributed by atoms with van der Waals surface area (Å²) in [6.45, 7) is 4.27. The van der Waals surface area contributed by atoms with E-state index in [-0.39, 0.29) is 12.1 Å². The van der Waals surface area contributed by atoms with Crippen molar-refractivity contribution in [2.45, 2.75) is 110 Å². The third-order valence-electron chi connectivity index (χ3n) is 5.76. The zero-order chi connectivity index (χ0) is 16.5. The van der Waals surface area contributed by atoms with Crippen molar-refractivity contribution in [1.82, 2.24) is 0 Å². The van der Waals surface area contributed by atoms with E-state index in [0.717, 1.165) is 24.8 Å². The number of hydrogen-bond donors (Lipinski definition) is 0. The number of esters is 1. The first-order chi connectivity index (χ1) is 11.2. The summed E-state index contributed by atoms with van der Waals surface area (Å²) in [6.07, 6.45) is 17.4. The molecule has 0 aromatic heterocycles. The second-order valence-electron chi connectivity index (χ2n) is 7.61. The molecule has 2 heteroatoms. The Balaban J connectivity index is 2.01. The standard InChI is InChI=1S/C21H36O2/c1-3-4-7-16-20(18-12-8-5-9-13-18)17(2)21(22)23-19-14-10-6-11-15-19/h18-19H,3-16H2,1-2H3. The zero-order valence-corrected chi connectivity index (χ0v) is 15.4. The van der Waals surface area contributed by atoms with Crippen molar-refractivity contribution in [2.24, 2.45) is 5.92 Å². The molecule has 0 heterocycles. The third kappa shape index (κ3) is 5.97. The molecular formula is C21H36O2. The van der Waals surface area contributed by atoms with Gasteiger partial charge >= 0.3 is 5.97 Å². The Morgan fingerprint density at radius 3 is 2.13 bits per heavy atom. The minimum Gasteiger partial charge on any atom is -0.459 e. The molecule has 2 saturated carbocycles. The Kier molecular flexibility index (Phi) is 8.19. The summed E-state index contributed by atoms with van der Waals surface area (Å²) in [4.78, 5) is 12.6. The van der Waals surface area contributed by atoms with Gasteiger partial charge in [-0.1, -0.05) is 51.0 Å². The van der Waals surface area contributed by atoms with Crippen LogP contribution in [-0.4, -0.2) is 12.1 Å². The van der Waals surface area contributed by atoms with Crippen LogP contribution in [0.1, 0.15) is 104 Å². The predicted molar refractivity (Wildman–Crippen MR) is 96.4 cm³/mol. The first-order valence-electron chi connectivity index (χ1n) is 10.1. The smallest absolute Gasteiger partial charge is 0.333 e. The van der Waals surface area contributed by atoms with Crippen molar-refractivity contribution >= 4 is 5.97 Å². The summed E-state index contributed by atoms with van der Waals surface area (Å²) >= 11 is 0. The lowest BCUT2D eigenvalue weighted by Crippen LogP contribution is -2.23. The van der Waals surface area contributed by atoms with Crippen molar-refractivity contribution in [3.05, 3.63) is 11.1 Å². The highest BCUT2D eigenvalue weighted by atomic mass is 16.5. The first kappa shape index (κ1) is 18.5. The quantitative estimate of drug-likeness (QED) is 0.311. The Morgan fingerprint density at radius 2 is 1.52 bits per heavy atom. The van der Waals surface area contributed by atoms with Gasteiger partial charge in [-0.05, 0) is 64.2 Å². The molecule has 0 aromatic rings. The molecule has 2 aliphatic rings. The van der Waals surface area contributed by atoms with Crippen molar-refractivity contribution < 1.29 is 9.53 Å². The molecule has 0 atom stereocenters. The van der Waals surface area contributed by atoms with E-state index < -0.39 is 0 Å². The van der Waals surface area contributed by atoms with Gasteiger partial charge in [0, 0.05) is 5.57 Å². The third-order valence-corrected chi connectivity index (χ3v) is 5.76. The monoisotopic (exact) mass is 320 g/mol. The molecule has 0 radical (unpaired) electrons. The summed E-state index contributed by atoms with van der Waals surface area (Å²) in [6, 6.07) is 0. The van der Waals surface area contributed by atoms with Crippen molar-refractivity contribution in [3.8, 4) is 0 Å². The van der Waals surface area contributed by atoms with E-state index in [9.17, 15) is 4.79 Å². The molecule has 2 aliphatic carbocycles. The summed E-state index contributed by atoms with van der Waals surface area (Å²) in [5.74, 6) is 0.619. The van der Waals surface area contributed by atoms with Gasteiger partial charge < -0.3 is 4.74 Å². The van der Waals surface area contributed by atoms with Gasteiger partial charge in [-0.25, -0.2) is 4.79 Å². The molecule has 0 saturated heterocycles. The van der Waals surface area contributed by atoms with E-state index in [1.54, 1.807) is 0 Å². The summed E-state index contributed by atoms with van der Waals surface area (Å²) in [5, 5.41) is 0. The molecule has 0 aliphatic heterocycles. The van der Waals surface area contributed by atoms with Crippen molar-refractivity contribution in [1.29, 1.82) is 0 Å². The zero-order valence-electron chi connectivity index (χ0n) is 15.4. The van der Waals surface area contributed by atoms with Gasteiger partial charge in [0.25, 0.3) is 0 Å². The molecule has 0 bridgehead atoms. The molecule has 0 amide bonds. The van der Waals surface area contributed by atoms with Crippen LogP contribution in [0.3, 0.4) is 0 Å². The molecule has 0 N–H and O–H groups in total. The number of carbonyl (C=O) groups is 1. The molecule has 0 aromatic carbocycles. The van der Waals surface area contributed by atoms with Crippen LogP contribution >= 0.6 is 0 Å². The second-order valence-corrected chi connectivity index (χ2v) is 7.61. The summed E-state index contributed by atoms with van der Waals surface area (Å²) < 4.78 is 5.83. The lowest BCUT2D eigenvalue weighted by molar-refractivity contribution is -0.145. The minimum atomic E-state index is -0.0195. The Labute approximate surface area is 143 Å².